The third-order valence-corrected chi connectivity index (χ3v) is 3.56. The van der Waals surface area contributed by atoms with Crippen molar-refractivity contribution in [1.29, 1.82) is 0 Å². The van der Waals surface area contributed by atoms with Gasteiger partial charge in [-0.3, -0.25) is 4.98 Å². The molecule has 0 aliphatic carbocycles. The van der Waals surface area contributed by atoms with Crippen molar-refractivity contribution in [1.82, 2.24) is 4.98 Å². The van der Waals surface area contributed by atoms with Gasteiger partial charge in [0, 0.05) is 11.8 Å². The van der Waals surface area contributed by atoms with Crippen LogP contribution in [0.15, 0.2) is 36.7 Å². The van der Waals surface area contributed by atoms with Crippen molar-refractivity contribution < 1.29 is 4.74 Å². The molecule has 0 aliphatic rings. The maximum Gasteiger partial charge on any atom is 0.150 e. The molecule has 3 heteroatoms. The van der Waals surface area contributed by atoms with E-state index in [0.717, 1.165) is 16.9 Å². The van der Waals surface area contributed by atoms with Gasteiger partial charge >= 0.3 is 0 Å². The van der Waals surface area contributed by atoms with E-state index in [2.05, 4.69) is 44.8 Å². The second-order valence-electron chi connectivity index (χ2n) is 5.95. The number of rotatable bonds is 3. The zero-order chi connectivity index (χ0) is 14.8. The molecule has 0 N–H and O–H groups in total. The Kier molecular flexibility index (Phi) is 4.34. The molecule has 2 nitrogen and oxygen atoms in total. The predicted octanol–water partition coefficient (Wildman–Crippen LogP) is 5.22. The zero-order valence-corrected chi connectivity index (χ0v) is 13.2. The predicted molar refractivity (Wildman–Crippen MR) is 83.7 cm³/mol. The number of ether oxygens (including phenoxy) is 1. The fraction of sp³-hybridized carbons (Fsp3) is 0.353. The van der Waals surface area contributed by atoms with Crippen molar-refractivity contribution in [2.75, 3.05) is 0 Å². The highest BCUT2D eigenvalue weighted by molar-refractivity contribution is 6.17. The van der Waals surface area contributed by atoms with Crippen LogP contribution in [0, 0.1) is 6.92 Å². The van der Waals surface area contributed by atoms with Crippen molar-refractivity contribution in [2.45, 2.75) is 39.0 Å². The Balaban J connectivity index is 2.31. The van der Waals surface area contributed by atoms with Crippen LogP contribution in [0.3, 0.4) is 0 Å². The number of hydrogen-bond acceptors (Lipinski definition) is 2. The molecule has 106 valence electrons. The van der Waals surface area contributed by atoms with Crippen molar-refractivity contribution in [2.24, 2.45) is 0 Å². The SMILES string of the molecule is Cc1cc(C(C)(C)C)ccc1Oc1cnccc1CCl. The molecule has 0 saturated heterocycles. The Bertz CT molecular complexity index is 602. The molecule has 0 atom stereocenters. The van der Waals surface area contributed by atoms with Crippen LogP contribution >= 0.6 is 11.6 Å². The first kappa shape index (κ1) is 14.9. The molecule has 1 aromatic carbocycles. The van der Waals surface area contributed by atoms with E-state index in [1.165, 1.54) is 5.56 Å². The lowest BCUT2D eigenvalue weighted by Gasteiger charge is -2.20. The number of alkyl halides is 1. The van der Waals surface area contributed by atoms with Crippen molar-refractivity contribution in [3.8, 4) is 11.5 Å². The smallest absolute Gasteiger partial charge is 0.150 e. The summed E-state index contributed by atoms with van der Waals surface area (Å²) in [6, 6.07) is 8.17. The molecule has 0 spiro atoms. The number of aromatic nitrogens is 1. The molecule has 0 bridgehead atoms. The molecule has 20 heavy (non-hydrogen) atoms. The van der Waals surface area contributed by atoms with Crippen molar-refractivity contribution in [3.63, 3.8) is 0 Å². The van der Waals surface area contributed by atoms with Crippen LogP contribution in [0.2, 0.25) is 0 Å². The molecule has 2 aromatic rings. The highest BCUT2D eigenvalue weighted by atomic mass is 35.5. The second kappa shape index (κ2) is 5.84. The summed E-state index contributed by atoms with van der Waals surface area (Å²) in [5, 5.41) is 0. The van der Waals surface area contributed by atoms with Crippen LogP contribution in [0.25, 0.3) is 0 Å². The lowest BCUT2D eigenvalue weighted by atomic mass is 9.86. The summed E-state index contributed by atoms with van der Waals surface area (Å²) in [5.74, 6) is 1.98. The number of aryl methyl sites for hydroxylation is 1. The normalized spacial score (nSPS) is 11.4. The van der Waals surface area contributed by atoms with E-state index >= 15 is 0 Å². The summed E-state index contributed by atoms with van der Waals surface area (Å²) in [7, 11) is 0. The van der Waals surface area contributed by atoms with E-state index < -0.39 is 0 Å². The highest BCUT2D eigenvalue weighted by Gasteiger charge is 2.15. The number of nitrogens with zero attached hydrogens (tertiary/aromatic N) is 1. The number of halogens is 1. The number of benzene rings is 1. The van der Waals surface area contributed by atoms with E-state index in [1.54, 1.807) is 12.4 Å². The van der Waals surface area contributed by atoms with Gasteiger partial charge in [0.1, 0.15) is 11.5 Å². The van der Waals surface area contributed by atoms with E-state index in [4.69, 9.17) is 16.3 Å². The lowest BCUT2D eigenvalue weighted by Crippen LogP contribution is -2.11. The van der Waals surface area contributed by atoms with Gasteiger partial charge < -0.3 is 4.74 Å². The standard InChI is InChI=1S/C17H20ClNO/c1-12-9-14(17(2,3)4)5-6-15(12)20-16-11-19-8-7-13(16)10-18/h5-9,11H,10H2,1-4H3. The van der Waals surface area contributed by atoms with Crippen molar-refractivity contribution in [3.05, 3.63) is 53.3 Å². The monoisotopic (exact) mass is 289 g/mol. The lowest BCUT2D eigenvalue weighted by molar-refractivity contribution is 0.471. The molecule has 2 rings (SSSR count). The third-order valence-electron chi connectivity index (χ3n) is 3.27. The van der Waals surface area contributed by atoms with Crippen LogP contribution in [0.1, 0.15) is 37.5 Å². The van der Waals surface area contributed by atoms with Crippen LogP contribution in [0.5, 0.6) is 11.5 Å². The van der Waals surface area contributed by atoms with E-state index in [0.29, 0.717) is 11.6 Å². The molecule has 0 fully saturated rings. The summed E-state index contributed by atoms with van der Waals surface area (Å²) in [6.45, 7) is 8.67. The Morgan fingerprint density at radius 2 is 1.90 bits per heavy atom. The van der Waals surface area contributed by atoms with Gasteiger partial charge in [-0.2, -0.15) is 0 Å². The van der Waals surface area contributed by atoms with Gasteiger partial charge in [-0.25, -0.2) is 0 Å². The van der Waals surface area contributed by atoms with Crippen molar-refractivity contribution >= 4 is 11.6 Å². The van der Waals surface area contributed by atoms with Gasteiger partial charge in [-0.1, -0.05) is 32.9 Å². The third kappa shape index (κ3) is 3.31. The minimum Gasteiger partial charge on any atom is -0.455 e. The van der Waals surface area contributed by atoms with E-state index in [1.807, 2.05) is 12.1 Å². The molecule has 0 amide bonds. The topological polar surface area (TPSA) is 22.1 Å². The van der Waals surface area contributed by atoms with E-state index in [9.17, 15) is 0 Å². The van der Waals surface area contributed by atoms with Crippen LogP contribution < -0.4 is 4.74 Å². The van der Waals surface area contributed by atoms with Crippen LogP contribution in [-0.2, 0) is 11.3 Å². The van der Waals surface area contributed by atoms with Crippen LogP contribution in [-0.4, -0.2) is 4.98 Å². The van der Waals surface area contributed by atoms with Gasteiger partial charge in [0.05, 0.1) is 12.1 Å². The Morgan fingerprint density at radius 1 is 1.15 bits per heavy atom. The summed E-state index contributed by atoms with van der Waals surface area (Å²) in [6.07, 6.45) is 3.43. The quantitative estimate of drug-likeness (QED) is 0.723. The maximum absolute atomic E-state index is 5.95. The first-order valence-electron chi connectivity index (χ1n) is 6.69. The largest absolute Gasteiger partial charge is 0.455 e. The molecule has 1 aromatic heterocycles. The Morgan fingerprint density at radius 3 is 2.50 bits per heavy atom. The Hall–Kier alpha value is -1.54. The van der Waals surface area contributed by atoms with Gasteiger partial charge in [0.15, 0.2) is 0 Å². The molecular formula is C17H20ClNO. The fourth-order valence-corrected chi connectivity index (χ4v) is 2.18. The molecule has 0 saturated carbocycles. The number of pyridine rings is 1. The van der Waals surface area contributed by atoms with Gasteiger partial charge in [0.2, 0.25) is 0 Å². The zero-order valence-electron chi connectivity index (χ0n) is 12.4. The second-order valence-corrected chi connectivity index (χ2v) is 6.22. The first-order valence-corrected chi connectivity index (χ1v) is 7.23. The fourth-order valence-electron chi connectivity index (χ4n) is 1.96. The Labute approximate surface area is 125 Å². The molecular weight excluding hydrogens is 270 g/mol. The number of hydrogen-bond donors (Lipinski definition) is 0. The summed E-state index contributed by atoms with van der Waals surface area (Å²) in [4.78, 5) is 4.09. The maximum atomic E-state index is 5.95. The molecule has 0 unspecified atom stereocenters. The van der Waals surface area contributed by atoms with E-state index in [-0.39, 0.29) is 5.41 Å². The van der Waals surface area contributed by atoms with Gasteiger partial charge in [0.25, 0.3) is 0 Å². The minimum atomic E-state index is 0.138. The molecule has 1 heterocycles. The highest BCUT2D eigenvalue weighted by Crippen LogP contribution is 2.31. The minimum absolute atomic E-state index is 0.138. The first-order chi connectivity index (χ1) is 9.41. The summed E-state index contributed by atoms with van der Waals surface area (Å²) >= 11 is 5.92. The summed E-state index contributed by atoms with van der Waals surface area (Å²) in [5.41, 5.74) is 3.49. The summed E-state index contributed by atoms with van der Waals surface area (Å²) < 4.78 is 5.95. The average Bonchev–Trinajstić information content (AvgIpc) is 2.40. The van der Waals surface area contributed by atoms with Crippen LogP contribution in [0.4, 0.5) is 0 Å². The molecule has 0 radical (unpaired) electrons. The van der Waals surface area contributed by atoms with Gasteiger partial charge in [-0.05, 0) is 35.6 Å². The molecule has 0 aliphatic heterocycles. The average molecular weight is 290 g/mol. The van der Waals surface area contributed by atoms with Gasteiger partial charge in [-0.15, -0.1) is 11.6 Å².